The number of hydrogen-bond acceptors (Lipinski definition) is 3. The second kappa shape index (κ2) is 6.25. The summed E-state index contributed by atoms with van der Waals surface area (Å²) >= 11 is 0. The van der Waals surface area contributed by atoms with Gasteiger partial charge in [0.1, 0.15) is 0 Å². The Kier molecular flexibility index (Phi) is 4.50. The van der Waals surface area contributed by atoms with Gasteiger partial charge in [0.05, 0.1) is 18.8 Å². The molecule has 0 saturated heterocycles. The zero-order valence-corrected chi connectivity index (χ0v) is 15.8. The first-order chi connectivity index (χ1) is 11.5. The molecule has 4 rings (SSSR count). The molecule has 4 fully saturated rings. The molecule has 0 heterocycles. The largest absolute Gasteiger partial charge is 0.393 e. The Morgan fingerprint density at radius 3 is 2.54 bits per heavy atom. The monoisotopic (exact) mass is 336 g/mol. The molecule has 0 aromatic rings. The summed E-state index contributed by atoms with van der Waals surface area (Å²) in [6, 6.07) is 0. The van der Waals surface area contributed by atoms with E-state index in [0.29, 0.717) is 22.9 Å². The van der Waals surface area contributed by atoms with E-state index >= 15 is 0 Å². The lowest BCUT2D eigenvalue weighted by atomic mass is 9.44. The van der Waals surface area contributed by atoms with Crippen LogP contribution in [0.3, 0.4) is 0 Å². The van der Waals surface area contributed by atoms with Crippen molar-refractivity contribution >= 4 is 0 Å². The molecular formula is C21H36O3. The fourth-order valence-corrected chi connectivity index (χ4v) is 7.92. The second-order valence-corrected chi connectivity index (χ2v) is 9.59. The Labute approximate surface area is 147 Å². The third-order valence-electron chi connectivity index (χ3n) is 8.95. The Bertz CT molecular complexity index is 466. The smallest absolute Gasteiger partial charge is 0.0627 e. The van der Waals surface area contributed by atoms with E-state index in [1.54, 1.807) is 0 Å². The Morgan fingerprint density at radius 1 is 0.958 bits per heavy atom. The van der Waals surface area contributed by atoms with Crippen LogP contribution in [0.1, 0.15) is 64.7 Å². The van der Waals surface area contributed by atoms with Crippen molar-refractivity contribution in [3.05, 3.63) is 0 Å². The van der Waals surface area contributed by atoms with E-state index in [0.717, 1.165) is 37.2 Å². The summed E-state index contributed by atoms with van der Waals surface area (Å²) in [5, 5.41) is 10.2. The first kappa shape index (κ1) is 17.3. The predicted octanol–water partition coefficient (Wildman–Crippen LogP) is 4.03. The van der Waals surface area contributed by atoms with E-state index in [1.165, 1.54) is 44.9 Å². The molecule has 3 heteroatoms. The fraction of sp³-hybridized carbons (Fsp3) is 1.00. The van der Waals surface area contributed by atoms with Crippen molar-refractivity contribution in [3.63, 3.8) is 0 Å². The molecule has 1 N–H and O–H groups in total. The predicted molar refractivity (Wildman–Crippen MR) is 94.7 cm³/mol. The maximum absolute atomic E-state index is 10.2. The van der Waals surface area contributed by atoms with Gasteiger partial charge in [0.25, 0.3) is 0 Å². The molecule has 8 atom stereocenters. The van der Waals surface area contributed by atoms with Gasteiger partial charge in [0.2, 0.25) is 0 Å². The van der Waals surface area contributed by atoms with Crippen molar-refractivity contribution in [2.45, 2.75) is 76.9 Å². The zero-order chi connectivity index (χ0) is 16.9. The molecule has 138 valence electrons. The van der Waals surface area contributed by atoms with Gasteiger partial charge in [-0.05, 0) is 92.3 Å². The quantitative estimate of drug-likeness (QED) is 0.845. The molecule has 0 spiro atoms. The summed E-state index contributed by atoms with van der Waals surface area (Å²) < 4.78 is 11.7. The third-order valence-corrected chi connectivity index (χ3v) is 8.95. The van der Waals surface area contributed by atoms with Crippen LogP contribution in [0, 0.1) is 34.5 Å². The summed E-state index contributed by atoms with van der Waals surface area (Å²) in [5.41, 5.74) is 0.731. The summed E-state index contributed by atoms with van der Waals surface area (Å²) in [4.78, 5) is 0. The number of methoxy groups -OCH3 is 2. The van der Waals surface area contributed by atoms with Crippen molar-refractivity contribution in [2.24, 2.45) is 34.5 Å². The van der Waals surface area contributed by atoms with Crippen molar-refractivity contribution in [1.29, 1.82) is 0 Å². The molecule has 0 radical (unpaired) electrons. The van der Waals surface area contributed by atoms with Gasteiger partial charge < -0.3 is 14.6 Å². The van der Waals surface area contributed by atoms with Gasteiger partial charge in [-0.3, -0.25) is 0 Å². The number of aliphatic hydroxyl groups excluding tert-OH is 1. The van der Waals surface area contributed by atoms with Crippen molar-refractivity contribution in [1.82, 2.24) is 0 Å². The van der Waals surface area contributed by atoms with Gasteiger partial charge in [-0.1, -0.05) is 6.92 Å². The molecule has 0 aliphatic heterocycles. The molecule has 0 bridgehead atoms. The van der Waals surface area contributed by atoms with Crippen molar-refractivity contribution < 1.29 is 14.6 Å². The van der Waals surface area contributed by atoms with Crippen molar-refractivity contribution in [3.8, 4) is 0 Å². The normalized spacial score (nSPS) is 54.0. The van der Waals surface area contributed by atoms with Crippen LogP contribution in [0.25, 0.3) is 0 Å². The zero-order valence-electron chi connectivity index (χ0n) is 15.8. The molecular weight excluding hydrogens is 300 g/mol. The van der Waals surface area contributed by atoms with Gasteiger partial charge in [0, 0.05) is 14.2 Å². The topological polar surface area (TPSA) is 38.7 Å². The first-order valence-electron chi connectivity index (χ1n) is 10.2. The SMILES string of the molecule is COC[C@]12CCC(O)C[C@@H]1CC[C@H]1[C@@H]3CC[C@H](OC)[C@@]3(C)CC[C@@H]12. The van der Waals surface area contributed by atoms with Crippen LogP contribution in [-0.2, 0) is 9.47 Å². The van der Waals surface area contributed by atoms with Crippen LogP contribution in [0.2, 0.25) is 0 Å². The fourth-order valence-electron chi connectivity index (χ4n) is 7.92. The average Bonchev–Trinajstić information content (AvgIpc) is 2.92. The molecule has 0 aromatic heterocycles. The molecule has 0 amide bonds. The van der Waals surface area contributed by atoms with E-state index < -0.39 is 0 Å². The molecule has 4 aliphatic rings. The Balaban J connectivity index is 1.64. The van der Waals surface area contributed by atoms with E-state index in [4.69, 9.17) is 9.47 Å². The Morgan fingerprint density at radius 2 is 1.79 bits per heavy atom. The summed E-state index contributed by atoms with van der Waals surface area (Å²) in [7, 11) is 3.79. The highest BCUT2D eigenvalue weighted by Crippen LogP contribution is 2.66. The molecule has 0 aromatic carbocycles. The average molecular weight is 337 g/mol. The van der Waals surface area contributed by atoms with E-state index in [2.05, 4.69) is 6.92 Å². The Hall–Kier alpha value is -0.120. The standard InChI is InChI=1S/C21H36O3/c1-20-10-9-18-16(17(20)6-7-19(20)24-3)5-4-14-12-15(22)8-11-21(14,18)13-23-2/h14-19,22H,4-13H2,1-3H3/t14-,15?,16-,17-,18-,19-,20-,21+/m0/s1. The molecule has 4 aliphatic carbocycles. The number of fused-ring (bicyclic) bond motifs is 5. The molecule has 4 saturated carbocycles. The molecule has 1 unspecified atom stereocenters. The van der Waals surface area contributed by atoms with E-state index in [9.17, 15) is 5.11 Å². The van der Waals surface area contributed by atoms with Crippen LogP contribution < -0.4 is 0 Å². The minimum atomic E-state index is -0.0743. The molecule has 24 heavy (non-hydrogen) atoms. The van der Waals surface area contributed by atoms with Gasteiger partial charge >= 0.3 is 0 Å². The minimum Gasteiger partial charge on any atom is -0.393 e. The highest BCUT2D eigenvalue weighted by molar-refractivity contribution is 5.10. The van der Waals surface area contributed by atoms with E-state index in [1.807, 2.05) is 14.2 Å². The third kappa shape index (κ3) is 2.34. The first-order valence-corrected chi connectivity index (χ1v) is 10.2. The summed E-state index contributed by atoms with van der Waals surface area (Å²) in [6.45, 7) is 3.41. The lowest BCUT2D eigenvalue weighted by Crippen LogP contribution is -2.57. The maximum atomic E-state index is 10.2. The number of rotatable bonds is 3. The lowest BCUT2D eigenvalue weighted by molar-refractivity contribution is -0.164. The highest BCUT2D eigenvalue weighted by atomic mass is 16.5. The van der Waals surface area contributed by atoms with Crippen LogP contribution in [0.15, 0.2) is 0 Å². The number of hydrogen-bond donors (Lipinski definition) is 1. The maximum Gasteiger partial charge on any atom is 0.0627 e. The highest BCUT2D eigenvalue weighted by Gasteiger charge is 2.61. The van der Waals surface area contributed by atoms with E-state index in [-0.39, 0.29) is 6.10 Å². The van der Waals surface area contributed by atoms with Crippen LogP contribution in [0.4, 0.5) is 0 Å². The van der Waals surface area contributed by atoms with Crippen molar-refractivity contribution in [2.75, 3.05) is 20.8 Å². The van der Waals surface area contributed by atoms with Crippen LogP contribution in [-0.4, -0.2) is 38.1 Å². The molecule has 3 nitrogen and oxygen atoms in total. The minimum absolute atomic E-state index is 0.0743. The second-order valence-electron chi connectivity index (χ2n) is 9.59. The van der Waals surface area contributed by atoms with Crippen LogP contribution in [0.5, 0.6) is 0 Å². The van der Waals surface area contributed by atoms with Gasteiger partial charge in [0.15, 0.2) is 0 Å². The lowest BCUT2D eigenvalue weighted by Gasteiger charge is -2.61. The van der Waals surface area contributed by atoms with Crippen LogP contribution >= 0.6 is 0 Å². The number of ether oxygens (including phenoxy) is 2. The number of aliphatic hydroxyl groups is 1. The van der Waals surface area contributed by atoms with Gasteiger partial charge in [-0.25, -0.2) is 0 Å². The van der Waals surface area contributed by atoms with Gasteiger partial charge in [-0.2, -0.15) is 0 Å². The van der Waals surface area contributed by atoms with Gasteiger partial charge in [-0.15, -0.1) is 0 Å². The summed E-state index contributed by atoms with van der Waals surface area (Å²) in [6.07, 6.45) is 11.5. The summed E-state index contributed by atoms with van der Waals surface area (Å²) in [5.74, 6) is 3.16.